The number of ether oxygens (including phenoxy) is 2. The van der Waals surface area contributed by atoms with E-state index in [0.29, 0.717) is 12.8 Å². The number of rotatable bonds is 51. The number of carbonyl (C=O) groups is 1. The molecule has 1 amide bonds. The fraction of sp³-hybridized carbons (Fsp3) is 0.915. The molecule has 402 valence electrons. The standard InChI is InChI=1S/C59H113NO8/c1-3-5-7-9-11-13-15-16-17-18-19-20-21-22-23-24-25-26-27-28-29-30-31-32-33-34-35-36-37-38-39-41-43-45-47-49-55(63)60-52(51-67-59-58(66)57(65)56(64)54(50-61)68-59)53(62)48-46-44-42-40-14-12-10-8-6-4-2/h15-16,18-19,52-54,56-59,61-62,64-66H,3-14,17,20-51H2,1-2H3,(H,60,63)/b16-15-,19-18-. The summed E-state index contributed by atoms with van der Waals surface area (Å²) in [4.78, 5) is 13.0. The summed E-state index contributed by atoms with van der Waals surface area (Å²) in [5.41, 5.74) is 0. The molecule has 0 radical (unpaired) electrons. The van der Waals surface area contributed by atoms with Gasteiger partial charge in [-0.2, -0.15) is 0 Å². The molecule has 7 atom stereocenters. The van der Waals surface area contributed by atoms with Crippen molar-refractivity contribution in [2.24, 2.45) is 0 Å². The van der Waals surface area contributed by atoms with Crippen LogP contribution in [0.15, 0.2) is 24.3 Å². The molecule has 1 aliphatic heterocycles. The van der Waals surface area contributed by atoms with Crippen LogP contribution >= 0.6 is 0 Å². The highest BCUT2D eigenvalue weighted by atomic mass is 16.7. The molecule has 9 heteroatoms. The Bertz CT molecular complexity index is 1120. The maximum Gasteiger partial charge on any atom is 0.220 e. The van der Waals surface area contributed by atoms with E-state index in [1.807, 2.05) is 0 Å². The minimum absolute atomic E-state index is 0.134. The Balaban J connectivity index is 2.03. The van der Waals surface area contributed by atoms with Crippen LogP contribution in [-0.2, 0) is 14.3 Å². The zero-order chi connectivity index (χ0) is 49.4. The fourth-order valence-corrected chi connectivity index (χ4v) is 9.61. The van der Waals surface area contributed by atoms with E-state index >= 15 is 0 Å². The number of aliphatic hydroxyl groups is 5. The second-order valence-corrected chi connectivity index (χ2v) is 20.8. The smallest absolute Gasteiger partial charge is 0.220 e. The molecule has 9 nitrogen and oxygen atoms in total. The second-order valence-electron chi connectivity index (χ2n) is 20.8. The summed E-state index contributed by atoms with van der Waals surface area (Å²) in [5.74, 6) is -0.141. The summed E-state index contributed by atoms with van der Waals surface area (Å²) in [6, 6.07) is -0.714. The third-order valence-electron chi connectivity index (χ3n) is 14.3. The van der Waals surface area contributed by atoms with Gasteiger partial charge in [0.05, 0.1) is 25.4 Å². The van der Waals surface area contributed by atoms with Crippen molar-refractivity contribution in [1.29, 1.82) is 0 Å². The van der Waals surface area contributed by atoms with E-state index in [4.69, 9.17) is 9.47 Å². The van der Waals surface area contributed by atoms with Gasteiger partial charge in [-0.05, 0) is 44.9 Å². The van der Waals surface area contributed by atoms with Gasteiger partial charge in [0.2, 0.25) is 5.91 Å². The molecule has 1 fully saturated rings. The van der Waals surface area contributed by atoms with E-state index in [9.17, 15) is 30.3 Å². The van der Waals surface area contributed by atoms with Gasteiger partial charge in [0.15, 0.2) is 6.29 Å². The van der Waals surface area contributed by atoms with Gasteiger partial charge in [0, 0.05) is 6.42 Å². The van der Waals surface area contributed by atoms with Crippen molar-refractivity contribution < 1.29 is 39.8 Å². The Morgan fingerprint density at radius 1 is 0.500 bits per heavy atom. The van der Waals surface area contributed by atoms with E-state index in [2.05, 4.69) is 43.5 Å². The van der Waals surface area contributed by atoms with Gasteiger partial charge in [0.25, 0.3) is 0 Å². The number of hydrogen-bond donors (Lipinski definition) is 6. The minimum Gasteiger partial charge on any atom is -0.394 e. The van der Waals surface area contributed by atoms with Crippen LogP contribution in [0.2, 0.25) is 0 Å². The Morgan fingerprint density at radius 2 is 0.868 bits per heavy atom. The number of hydrogen-bond acceptors (Lipinski definition) is 8. The summed E-state index contributed by atoms with van der Waals surface area (Å²) in [5, 5.41) is 54.4. The average Bonchev–Trinajstić information content (AvgIpc) is 3.34. The largest absolute Gasteiger partial charge is 0.394 e. The van der Waals surface area contributed by atoms with Crippen molar-refractivity contribution in [3.63, 3.8) is 0 Å². The summed E-state index contributed by atoms with van der Waals surface area (Å²) in [6.07, 6.45) is 55.3. The molecule has 0 saturated carbocycles. The first-order valence-corrected chi connectivity index (χ1v) is 29.5. The first kappa shape index (κ1) is 64.7. The Hall–Kier alpha value is -1.33. The molecular weight excluding hydrogens is 851 g/mol. The van der Waals surface area contributed by atoms with Crippen LogP contribution in [0.1, 0.15) is 290 Å². The predicted molar refractivity (Wildman–Crippen MR) is 286 cm³/mol. The predicted octanol–water partition coefficient (Wildman–Crippen LogP) is 14.6. The zero-order valence-electron chi connectivity index (χ0n) is 44.6. The molecule has 7 unspecified atom stereocenters. The van der Waals surface area contributed by atoms with Crippen molar-refractivity contribution in [3.05, 3.63) is 24.3 Å². The van der Waals surface area contributed by atoms with E-state index < -0.39 is 49.5 Å². The maximum atomic E-state index is 13.0. The lowest BCUT2D eigenvalue weighted by atomic mass is 9.99. The van der Waals surface area contributed by atoms with Crippen LogP contribution in [0.25, 0.3) is 0 Å². The van der Waals surface area contributed by atoms with E-state index in [0.717, 1.165) is 44.9 Å². The molecular formula is C59H113NO8. The van der Waals surface area contributed by atoms with Crippen molar-refractivity contribution in [3.8, 4) is 0 Å². The summed E-state index contributed by atoms with van der Waals surface area (Å²) in [7, 11) is 0. The van der Waals surface area contributed by atoms with Gasteiger partial charge in [-0.25, -0.2) is 0 Å². The third-order valence-corrected chi connectivity index (χ3v) is 14.3. The van der Waals surface area contributed by atoms with Crippen LogP contribution in [0.3, 0.4) is 0 Å². The number of amides is 1. The highest BCUT2D eigenvalue weighted by Crippen LogP contribution is 2.23. The molecule has 0 aromatic carbocycles. The number of nitrogens with one attached hydrogen (secondary N) is 1. The van der Waals surface area contributed by atoms with Crippen LogP contribution in [-0.4, -0.2) is 87.5 Å². The molecule has 0 spiro atoms. The fourth-order valence-electron chi connectivity index (χ4n) is 9.61. The molecule has 1 aliphatic rings. The first-order valence-electron chi connectivity index (χ1n) is 29.5. The van der Waals surface area contributed by atoms with Crippen molar-refractivity contribution in [2.75, 3.05) is 13.2 Å². The van der Waals surface area contributed by atoms with Crippen molar-refractivity contribution >= 4 is 5.91 Å². The van der Waals surface area contributed by atoms with E-state index in [1.165, 1.54) is 218 Å². The molecule has 0 aromatic rings. The van der Waals surface area contributed by atoms with E-state index in [-0.39, 0.29) is 12.5 Å². The number of carbonyl (C=O) groups excluding carboxylic acids is 1. The molecule has 0 aliphatic carbocycles. The van der Waals surface area contributed by atoms with Gasteiger partial charge in [0.1, 0.15) is 24.4 Å². The van der Waals surface area contributed by atoms with Gasteiger partial charge >= 0.3 is 0 Å². The number of aliphatic hydroxyl groups excluding tert-OH is 5. The minimum atomic E-state index is -1.55. The topological polar surface area (TPSA) is 149 Å². The van der Waals surface area contributed by atoms with Gasteiger partial charge in [-0.1, -0.05) is 263 Å². The van der Waals surface area contributed by atoms with Crippen LogP contribution < -0.4 is 5.32 Å². The lowest BCUT2D eigenvalue weighted by molar-refractivity contribution is -0.302. The quantitative estimate of drug-likeness (QED) is 0.0261. The molecule has 6 N–H and O–H groups in total. The van der Waals surface area contributed by atoms with Gasteiger partial charge in [-0.3, -0.25) is 4.79 Å². The Labute approximate surface area is 419 Å². The summed E-state index contributed by atoms with van der Waals surface area (Å²) >= 11 is 0. The highest BCUT2D eigenvalue weighted by molar-refractivity contribution is 5.76. The third kappa shape index (κ3) is 38.4. The lowest BCUT2D eigenvalue weighted by Crippen LogP contribution is -2.60. The van der Waals surface area contributed by atoms with Gasteiger partial charge in [-0.15, -0.1) is 0 Å². The molecule has 1 rings (SSSR count). The second kappa shape index (κ2) is 49.3. The highest BCUT2D eigenvalue weighted by Gasteiger charge is 2.44. The monoisotopic (exact) mass is 964 g/mol. The molecule has 68 heavy (non-hydrogen) atoms. The number of unbranched alkanes of at least 4 members (excludes halogenated alkanes) is 37. The van der Waals surface area contributed by atoms with Crippen LogP contribution in [0.5, 0.6) is 0 Å². The van der Waals surface area contributed by atoms with Crippen molar-refractivity contribution in [2.45, 2.75) is 333 Å². The average molecular weight is 965 g/mol. The molecule has 0 aromatic heterocycles. The van der Waals surface area contributed by atoms with E-state index in [1.54, 1.807) is 0 Å². The summed E-state index contributed by atoms with van der Waals surface area (Å²) < 4.78 is 11.3. The van der Waals surface area contributed by atoms with Gasteiger partial charge < -0.3 is 40.3 Å². The zero-order valence-corrected chi connectivity index (χ0v) is 44.6. The Morgan fingerprint density at radius 3 is 1.26 bits per heavy atom. The first-order chi connectivity index (χ1) is 33.3. The van der Waals surface area contributed by atoms with Crippen molar-refractivity contribution in [1.82, 2.24) is 5.32 Å². The summed E-state index contributed by atoms with van der Waals surface area (Å²) in [6.45, 7) is 3.83. The molecule has 0 bridgehead atoms. The molecule has 1 saturated heterocycles. The van der Waals surface area contributed by atoms with Crippen LogP contribution in [0.4, 0.5) is 0 Å². The SMILES string of the molecule is CCCCCCC/C=C\C/C=C\CCCCCCCCCCCCCCCCCCCCCCCCCC(=O)NC(COC1OC(CO)C(O)C(O)C1O)C(O)CCCCCCCCCCCC. The number of allylic oxidation sites excluding steroid dienone is 4. The maximum absolute atomic E-state index is 13.0. The Kier molecular flexibility index (Phi) is 46.9. The van der Waals surface area contributed by atoms with Crippen LogP contribution in [0, 0.1) is 0 Å². The molecule has 1 heterocycles. The normalized spacial score (nSPS) is 19.7. The lowest BCUT2D eigenvalue weighted by Gasteiger charge is -2.40.